The fourth-order valence-electron chi connectivity index (χ4n) is 5.46. The van der Waals surface area contributed by atoms with Crippen LogP contribution in [-0.4, -0.2) is 79.2 Å². The Hall–Kier alpha value is -2.63. The van der Waals surface area contributed by atoms with Crippen molar-refractivity contribution < 1.29 is 38.7 Å². The van der Waals surface area contributed by atoms with Crippen LogP contribution >= 0.6 is 11.6 Å². The number of rotatable bonds is 2. The SMILES string of the molecule is COc1cc2cc(c1Cl)N(C)C(=O)C[C@H](O)[C@]1(C)O[C@H]1[C@H](C)[C@@H]1C[C@@](O)(NC(=O)O1)[C@H](OC)C=C/C=C(/C)C2. The molecule has 7 atom stereocenters. The molecule has 0 aromatic heterocycles. The van der Waals surface area contributed by atoms with Gasteiger partial charge >= 0.3 is 6.09 Å². The first kappa shape index (κ1) is 29.4. The van der Waals surface area contributed by atoms with Crippen LogP contribution in [0.5, 0.6) is 5.75 Å². The molecule has 0 saturated carbocycles. The Balaban J connectivity index is 1.74. The van der Waals surface area contributed by atoms with Crippen molar-refractivity contribution >= 4 is 29.3 Å². The molecule has 0 radical (unpaired) electrons. The number of ether oxygens (including phenoxy) is 4. The molecule has 4 rings (SSSR count). The van der Waals surface area contributed by atoms with Crippen molar-refractivity contribution in [1.82, 2.24) is 5.32 Å². The molecule has 214 valence electrons. The number of halogens is 1. The smallest absolute Gasteiger partial charge is 0.409 e. The Morgan fingerprint density at radius 1 is 1.26 bits per heavy atom. The zero-order valence-corrected chi connectivity index (χ0v) is 23.8. The summed E-state index contributed by atoms with van der Waals surface area (Å²) in [5.41, 5.74) is -0.479. The molecule has 3 aliphatic heterocycles. The second kappa shape index (κ2) is 11.1. The maximum Gasteiger partial charge on any atom is 0.409 e. The topological polar surface area (TPSA) is 130 Å². The third kappa shape index (κ3) is 5.81. The highest BCUT2D eigenvalue weighted by Gasteiger charge is 2.62. The molecule has 0 aliphatic carbocycles. The Bertz CT molecular complexity index is 1190. The van der Waals surface area contributed by atoms with E-state index < -0.39 is 47.8 Å². The normalized spacial score (nSPS) is 36.8. The van der Waals surface area contributed by atoms with Crippen LogP contribution in [0.4, 0.5) is 10.5 Å². The van der Waals surface area contributed by atoms with Crippen LogP contribution in [0.25, 0.3) is 0 Å². The molecular formula is C28H37ClN2O8. The second-order valence-corrected chi connectivity index (χ2v) is 11.2. The van der Waals surface area contributed by atoms with Gasteiger partial charge in [0, 0.05) is 26.5 Å². The minimum atomic E-state index is -1.73. The standard InChI is InChI=1S/C28H37ClN2O8/c1-15-8-7-9-22(37-6)28(35)14-20(38-26(34)30-28)16(2)25-27(3,39-25)21(32)13-23(33)31(4)18-11-17(10-15)12-19(36-5)24(18)29/h7-9,11-12,16,20-22,25,32,35H,10,13-14H2,1-6H3,(H,30,34)/b9-7?,15-8-/t16-,20+,21+,22-,25+,27+,28+/m1/s1. The summed E-state index contributed by atoms with van der Waals surface area (Å²) >= 11 is 6.58. The first-order valence-corrected chi connectivity index (χ1v) is 13.3. The number of anilines is 1. The summed E-state index contributed by atoms with van der Waals surface area (Å²) in [6, 6.07) is 3.63. The summed E-state index contributed by atoms with van der Waals surface area (Å²) in [6.07, 6.45) is 1.63. The third-order valence-corrected chi connectivity index (χ3v) is 8.36. The molecule has 3 aliphatic rings. The number of amides is 2. The average molecular weight is 565 g/mol. The number of carbonyl (C=O) groups excluding carboxylic acids is 2. The van der Waals surface area contributed by atoms with Crippen molar-refractivity contribution in [1.29, 1.82) is 0 Å². The monoisotopic (exact) mass is 564 g/mol. The molecule has 1 aromatic carbocycles. The number of methoxy groups -OCH3 is 2. The average Bonchev–Trinajstić information content (AvgIpc) is 3.58. The van der Waals surface area contributed by atoms with Crippen LogP contribution in [0, 0.1) is 5.92 Å². The highest BCUT2D eigenvalue weighted by Crippen LogP contribution is 2.48. The third-order valence-electron chi connectivity index (χ3n) is 7.98. The molecule has 11 heteroatoms. The first-order valence-electron chi connectivity index (χ1n) is 12.9. The van der Waals surface area contributed by atoms with Crippen molar-refractivity contribution in [2.24, 2.45) is 5.92 Å². The number of nitrogens with zero attached hydrogens (tertiary/aromatic N) is 1. The van der Waals surface area contributed by atoms with E-state index in [0.717, 1.165) is 11.1 Å². The van der Waals surface area contributed by atoms with Crippen LogP contribution in [0.2, 0.25) is 5.02 Å². The lowest BCUT2D eigenvalue weighted by molar-refractivity contribution is -0.142. The largest absolute Gasteiger partial charge is 0.495 e. The first-order chi connectivity index (χ1) is 18.3. The number of carbonyl (C=O) groups is 2. The van der Waals surface area contributed by atoms with E-state index in [2.05, 4.69) is 5.32 Å². The summed E-state index contributed by atoms with van der Waals surface area (Å²) < 4.78 is 22.4. The van der Waals surface area contributed by atoms with E-state index in [9.17, 15) is 19.8 Å². The Morgan fingerprint density at radius 2 is 1.97 bits per heavy atom. The van der Waals surface area contributed by atoms with Gasteiger partial charge in [-0.3, -0.25) is 10.1 Å². The van der Waals surface area contributed by atoms with Gasteiger partial charge in [-0.15, -0.1) is 0 Å². The molecular weight excluding hydrogens is 528 g/mol. The van der Waals surface area contributed by atoms with Gasteiger partial charge in [0.05, 0.1) is 31.4 Å². The molecule has 2 fully saturated rings. The van der Waals surface area contributed by atoms with Crippen LogP contribution in [0.3, 0.4) is 0 Å². The van der Waals surface area contributed by atoms with Gasteiger partial charge < -0.3 is 34.1 Å². The van der Waals surface area contributed by atoms with Gasteiger partial charge in [0.1, 0.15) is 28.6 Å². The maximum absolute atomic E-state index is 13.3. The minimum Gasteiger partial charge on any atom is -0.495 e. The van der Waals surface area contributed by atoms with Crippen LogP contribution in [0.1, 0.15) is 39.2 Å². The van der Waals surface area contributed by atoms with E-state index in [-0.39, 0.29) is 23.8 Å². The molecule has 10 nitrogen and oxygen atoms in total. The molecule has 2 saturated heterocycles. The Kier molecular flexibility index (Phi) is 8.35. The number of aliphatic hydroxyl groups is 2. The van der Waals surface area contributed by atoms with Crippen LogP contribution in [-0.2, 0) is 25.4 Å². The lowest BCUT2D eigenvalue weighted by atomic mass is 9.84. The van der Waals surface area contributed by atoms with E-state index in [4.69, 9.17) is 30.5 Å². The van der Waals surface area contributed by atoms with Crippen molar-refractivity contribution in [3.8, 4) is 5.75 Å². The summed E-state index contributed by atoms with van der Waals surface area (Å²) in [7, 11) is 4.56. The number of fused-ring (bicyclic) bond motifs is 5. The van der Waals surface area contributed by atoms with E-state index in [1.165, 1.54) is 19.1 Å². The lowest BCUT2D eigenvalue weighted by Crippen LogP contribution is -2.63. The number of alkyl carbamates (subject to hydrolysis) is 1. The fraction of sp³-hybridized carbons (Fsp3) is 0.571. The van der Waals surface area contributed by atoms with Crippen LogP contribution in [0.15, 0.2) is 35.9 Å². The minimum absolute atomic E-state index is 0.0310. The lowest BCUT2D eigenvalue weighted by Gasteiger charge is -2.42. The molecule has 2 amide bonds. The highest BCUT2D eigenvalue weighted by atomic mass is 35.5. The number of benzene rings is 1. The van der Waals surface area contributed by atoms with Crippen molar-refractivity contribution in [2.75, 3.05) is 26.2 Å². The maximum atomic E-state index is 13.3. The summed E-state index contributed by atoms with van der Waals surface area (Å²) in [5, 5.41) is 25.3. The van der Waals surface area contributed by atoms with E-state index in [1.54, 1.807) is 26.1 Å². The second-order valence-electron chi connectivity index (χ2n) is 10.8. The summed E-state index contributed by atoms with van der Waals surface area (Å²) in [6.45, 7) is 5.48. The number of hydrogen-bond donors (Lipinski definition) is 3. The number of aliphatic hydroxyl groups excluding tert-OH is 1. The van der Waals surface area contributed by atoms with Crippen molar-refractivity contribution in [3.05, 3.63) is 46.5 Å². The quantitative estimate of drug-likeness (QED) is 0.467. The van der Waals surface area contributed by atoms with Gasteiger partial charge in [-0.05, 0) is 38.0 Å². The fourth-order valence-corrected chi connectivity index (χ4v) is 5.78. The number of epoxide rings is 1. The summed E-state index contributed by atoms with van der Waals surface area (Å²) in [4.78, 5) is 27.1. The zero-order chi connectivity index (χ0) is 28.7. The molecule has 3 N–H and O–H groups in total. The summed E-state index contributed by atoms with van der Waals surface area (Å²) in [5.74, 6) is -0.323. The van der Waals surface area contributed by atoms with Crippen LogP contribution < -0.4 is 15.0 Å². The zero-order valence-electron chi connectivity index (χ0n) is 23.1. The van der Waals surface area contributed by atoms with Gasteiger partial charge in [0.25, 0.3) is 0 Å². The highest BCUT2D eigenvalue weighted by molar-refractivity contribution is 6.35. The molecule has 0 unspecified atom stereocenters. The van der Waals surface area contributed by atoms with Gasteiger partial charge in [0.2, 0.25) is 5.91 Å². The molecule has 39 heavy (non-hydrogen) atoms. The number of nitrogens with one attached hydrogen (secondary N) is 1. The van der Waals surface area contributed by atoms with Crippen molar-refractivity contribution in [3.63, 3.8) is 0 Å². The predicted molar refractivity (Wildman–Crippen MR) is 145 cm³/mol. The number of allylic oxidation sites excluding steroid dienone is 3. The van der Waals surface area contributed by atoms with Crippen molar-refractivity contribution in [2.45, 2.75) is 75.8 Å². The molecule has 4 bridgehead atoms. The van der Waals surface area contributed by atoms with Gasteiger partial charge in [-0.1, -0.05) is 42.3 Å². The predicted octanol–water partition coefficient (Wildman–Crippen LogP) is 3.12. The molecule has 3 heterocycles. The molecule has 1 aromatic rings. The molecule has 0 spiro atoms. The van der Waals surface area contributed by atoms with E-state index >= 15 is 0 Å². The Morgan fingerprint density at radius 3 is 2.64 bits per heavy atom. The Labute approximate surface area is 233 Å². The van der Waals surface area contributed by atoms with Gasteiger partial charge in [-0.25, -0.2) is 4.79 Å². The van der Waals surface area contributed by atoms with E-state index in [1.807, 2.05) is 32.1 Å². The van der Waals surface area contributed by atoms with E-state index in [0.29, 0.717) is 17.9 Å². The van der Waals surface area contributed by atoms with Gasteiger partial charge in [-0.2, -0.15) is 0 Å². The number of hydrogen-bond acceptors (Lipinski definition) is 8. The van der Waals surface area contributed by atoms with Gasteiger partial charge in [0.15, 0.2) is 5.72 Å².